The maximum atomic E-state index is 12.9. The van der Waals surface area contributed by atoms with Crippen LogP contribution in [0.15, 0.2) is 58.2 Å². The maximum Gasteiger partial charge on any atom is 0.223 e. The highest BCUT2D eigenvalue weighted by Gasteiger charge is 2.39. The maximum absolute atomic E-state index is 12.9. The molecule has 2 aliphatic rings. The number of aliphatic hydroxyl groups excluding tert-OH is 1. The van der Waals surface area contributed by atoms with Crippen LogP contribution in [0.5, 0.6) is 0 Å². The zero-order valence-corrected chi connectivity index (χ0v) is 21.5. The summed E-state index contributed by atoms with van der Waals surface area (Å²) in [7, 11) is 0.0421. The molecule has 0 bridgehead atoms. The van der Waals surface area contributed by atoms with E-state index in [0.29, 0.717) is 24.0 Å². The fraction of sp³-hybridized carbons (Fsp3) is 0.417. The van der Waals surface area contributed by atoms with E-state index in [4.69, 9.17) is 11.6 Å². The Morgan fingerprint density at radius 2 is 1.88 bits per heavy atom. The van der Waals surface area contributed by atoms with E-state index < -0.39 is 9.84 Å². The molecule has 0 aliphatic carbocycles. The van der Waals surface area contributed by atoms with Crippen LogP contribution in [-0.2, 0) is 14.6 Å². The van der Waals surface area contributed by atoms with Crippen molar-refractivity contribution in [3.63, 3.8) is 0 Å². The number of amides is 1. The molecule has 2 aromatic rings. The number of fused-ring (bicyclic) bond motifs is 1. The topological polar surface area (TPSA) is 90.3 Å². The smallest absolute Gasteiger partial charge is 0.223 e. The zero-order chi connectivity index (χ0) is 24.5. The molecule has 34 heavy (non-hydrogen) atoms. The summed E-state index contributed by atoms with van der Waals surface area (Å²) in [5.74, 6) is -0.0505. The monoisotopic (exact) mass is 521 g/mol. The summed E-state index contributed by atoms with van der Waals surface area (Å²) in [6, 6.07) is 10.2. The van der Waals surface area contributed by atoms with Crippen molar-refractivity contribution in [2.75, 3.05) is 32.9 Å². The lowest BCUT2D eigenvalue weighted by atomic mass is 9.91. The van der Waals surface area contributed by atoms with Crippen LogP contribution >= 0.6 is 23.4 Å². The lowest BCUT2D eigenvalue weighted by Gasteiger charge is -2.34. The molecule has 1 unspecified atom stereocenters. The molecule has 1 amide bonds. The number of amidine groups is 1. The highest BCUT2D eigenvalue weighted by Crippen LogP contribution is 2.41. The minimum Gasteiger partial charge on any atom is -0.514 e. The van der Waals surface area contributed by atoms with Crippen LogP contribution < -0.4 is 0 Å². The number of halogens is 1. The van der Waals surface area contributed by atoms with Crippen LogP contribution in [0.4, 0.5) is 0 Å². The molecule has 1 N–H and O–H groups in total. The summed E-state index contributed by atoms with van der Waals surface area (Å²) >= 11 is 7.64. The predicted molar refractivity (Wildman–Crippen MR) is 138 cm³/mol. The molecule has 0 spiro atoms. The van der Waals surface area contributed by atoms with E-state index >= 15 is 0 Å². The highest BCUT2D eigenvalue weighted by atomic mass is 35.5. The quantitative estimate of drug-likeness (QED) is 0.589. The SMILES string of the molecule is C/N=C1\SC(C2CCN(C(=O)CCS(=O)(=O)c3ccc4cc(Cl)ccc4c3)CC2)/C(=C\O)N1C. The molecular weight excluding hydrogens is 494 g/mol. The van der Waals surface area contributed by atoms with Crippen molar-refractivity contribution in [1.29, 1.82) is 0 Å². The average molecular weight is 522 g/mol. The Balaban J connectivity index is 1.34. The molecule has 2 heterocycles. The van der Waals surface area contributed by atoms with Gasteiger partial charge in [-0.05, 0) is 53.8 Å². The Morgan fingerprint density at radius 3 is 2.56 bits per heavy atom. The molecular formula is C24H28ClN3O4S2. The first-order valence-electron chi connectivity index (χ1n) is 11.1. The second-order valence-electron chi connectivity index (χ2n) is 8.60. The van der Waals surface area contributed by atoms with Crippen molar-refractivity contribution in [1.82, 2.24) is 9.80 Å². The second-order valence-corrected chi connectivity index (χ2v) is 12.3. The molecule has 7 nitrogen and oxygen atoms in total. The third-order valence-corrected chi connectivity index (χ3v) is 10.1. The standard InChI is InChI=1S/C24H28ClN3O4S2/c1-26-24-27(2)21(15-29)23(33-24)16-7-10-28(11-8-16)22(30)9-12-34(31,32)20-6-4-17-13-19(25)5-3-18(17)14-20/h3-6,13-16,23,29H,7-12H2,1-2H3/b21-15+,26-24-. The molecule has 2 fully saturated rings. The van der Waals surface area contributed by atoms with Crippen LogP contribution in [0.25, 0.3) is 10.8 Å². The van der Waals surface area contributed by atoms with Crippen LogP contribution in [0.1, 0.15) is 19.3 Å². The van der Waals surface area contributed by atoms with Gasteiger partial charge in [0.25, 0.3) is 0 Å². The lowest BCUT2D eigenvalue weighted by Crippen LogP contribution is -2.41. The summed E-state index contributed by atoms with van der Waals surface area (Å²) in [4.78, 5) is 20.9. The Kier molecular flexibility index (Phi) is 7.45. The first-order chi connectivity index (χ1) is 16.2. The minimum atomic E-state index is -3.58. The summed E-state index contributed by atoms with van der Waals surface area (Å²) < 4.78 is 25.7. The number of likely N-dealkylation sites (tertiary alicyclic amines) is 1. The Morgan fingerprint density at radius 1 is 1.21 bits per heavy atom. The fourth-order valence-corrected chi connectivity index (χ4v) is 7.43. The van der Waals surface area contributed by atoms with Gasteiger partial charge in [-0.3, -0.25) is 9.79 Å². The Bertz CT molecular complexity index is 1250. The minimum absolute atomic E-state index is 0.0407. The number of hydrogen-bond donors (Lipinski definition) is 1. The van der Waals surface area contributed by atoms with E-state index in [1.54, 1.807) is 60.1 Å². The number of piperidine rings is 1. The van der Waals surface area contributed by atoms with Crippen molar-refractivity contribution < 1.29 is 18.3 Å². The van der Waals surface area contributed by atoms with E-state index in [1.807, 2.05) is 11.9 Å². The van der Waals surface area contributed by atoms with E-state index in [1.165, 1.54) is 0 Å². The summed E-state index contributed by atoms with van der Waals surface area (Å²) in [6.45, 7) is 1.16. The average Bonchev–Trinajstić information content (AvgIpc) is 3.17. The number of rotatable bonds is 5. The van der Waals surface area contributed by atoms with Gasteiger partial charge < -0.3 is 14.9 Å². The third-order valence-electron chi connectivity index (χ3n) is 6.56. The van der Waals surface area contributed by atoms with Gasteiger partial charge in [-0.1, -0.05) is 35.5 Å². The second kappa shape index (κ2) is 10.2. The number of sulfone groups is 1. The molecule has 2 aliphatic heterocycles. The molecule has 10 heteroatoms. The van der Waals surface area contributed by atoms with Crippen LogP contribution in [0, 0.1) is 5.92 Å². The van der Waals surface area contributed by atoms with Crippen LogP contribution in [-0.4, -0.2) is 72.6 Å². The first-order valence-corrected chi connectivity index (χ1v) is 14.1. The Hall–Kier alpha value is -2.23. The van der Waals surface area contributed by atoms with Gasteiger partial charge in [0.05, 0.1) is 27.9 Å². The van der Waals surface area contributed by atoms with Gasteiger partial charge in [0.2, 0.25) is 5.91 Å². The zero-order valence-electron chi connectivity index (χ0n) is 19.1. The van der Waals surface area contributed by atoms with Gasteiger partial charge in [0.1, 0.15) is 0 Å². The van der Waals surface area contributed by atoms with Gasteiger partial charge in [-0.15, -0.1) is 0 Å². The Labute approximate surface area is 209 Å². The van der Waals surface area contributed by atoms with Gasteiger partial charge in [0.15, 0.2) is 15.0 Å². The molecule has 0 aromatic heterocycles. The van der Waals surface area contributed by atoms with E-state index in [0.717, 1.165) is 40.7 Å². The van der Waals surface area contributed by atoms with Gasteiger partial charge in [0, 0.05) is 38.6 Å². The number of carbonyl (C=O) groups is 1. The van der Waals surface area contributed by atoms with E-state index in [-0.39, 0.29) is 28.2 Å². The van der Waals surface area contributed by atoms with E-state index in [2.05, 4.69) is 4.99 Å². The normalized spacial score (nSPS) is 22.3. The molecule has 0 radical (unpaired) electrons. The summed E-state index contributed by atoms with van der Waals surface area (Å²) in [6.07, 6.45) is 2.71. The summed E-state index contributed by atoms with van der Waals surface area (Å²) in [5.41, 5.74) is 0.833. The van der Waals surface area contributed by atoms with Gasteiger partial charge in [-0.2, -0.15) is 0 Å². The molecule has 0 saturated carbocycles. The van der Waals surface area contributed by atoms with Gasteiger partial charge in [-0.25, -0.2) is 8.42 Å². The van der Waals surface area contributed by atoms with Crippen molar-refractivity contribution in [2.24, 2.45) is 10.9 Å². The highest BCUT2D eigenvalue weighted by molar-refractivity contribution is 8.14. The van der Waals surface area contributed by atoms with Gasteiger partial charge >= 0.3 is 0 Å². The predicted octanol–water partition coefficient (Wildman–Crippen LogP) is 4.33. The number of benzene rings is 2. The third kappa shape index (κ3) is 5.06. The van der Waals surface area contributed by atoms with Crippen LogP contribution in [0.2, 0.25) is 5.02 Å². The number of carbonyl (C=O) groups excluding carboxylic acids is 1. The molecule has 1 atom stereocenters. The van der Waals surface area contributed by atoms with Crippen molar-refractivity contribution in [3.8, 4) is 0 Å². The number of nitrogens with zero attached hydrogens (tertiary/aromatic N) is 3. The number of aliphatic imine (C=N–C) groups is 1. The lowest BCUT2D eigenvalue weighted by molar-refractivity contribution is -0.132. The van der Waals surface area contributed by atoms with Crippen molar-refractivity contribution in [2.45, 2.75) is 29.4 Å². The molecule has 2 aromatic carbocycles. The van der Waals surface area contributed by atoms with Crippen LogP contribution in [0.3, 0.4) is 0 Å². The summed E-state index contributed by atoms with van der Waals surface area (Å²) in [5, 5.41) is 12.9. The number of hydrogen-bond acceptors (Lipinski definition) is 6. The number of aliphatic hydroxyl groups is 1. The molecule has 2 saturated heterocycles. The fourth-order valence-electron chi connectivity index (χ4n) is 4.59. The van der Waals surface area contributed by atoms with Crippen molar-refractivity contribution >= 4 is 55.0 Å². The van der Waals surface area contributed by atoms with Crippen molar-refractivity contribution in [3.05, 3.63) is 53.4 Å². The molecule has 4 rings (SSSR count). The molecule has 182 valence electrons. The largest absolute Gasteiger partial charge is 0.514 e. The van der Waals surface area contributed by atoms with E-state index in [9.17, 15) is 18.3 Å². The first kappa shape index (κ1) is 24.9. The number of thioether (sulfide) groups is 1.